The highest BCUT2D eigenvalue weighted by Crippen LogP contribution is 2.30. The molecule has 2 N–H and O–H groups in total. The maximum atomic E-state index is 12.5. The van der Waals surface area contributed by atoms with E-state index in [-0.39, 0.29) is 11.8 Å². The summed E-state index contributed by atoms with van der Waals surface area (Å²) in [6, 6.07) is 13.3. The molecule has 1 aliphatic carbocycles. The van der Waals surface area contributed by atoms with Crippen molar-refractivity contribution in [3.63, 3.8) is 0 Å². The molecule has 0 aliphatic heterocycles. The van der Waals surface area contributed by atoms with Crippen LogP contribution in [0.5, 0.6) is 0 Å². The van der Waals surface area contributed by atoms with E-state index in [1.54, 1.807) is 24.3 Å². The lowest BCUT2D eigenvalue weighted by atomic mass is 10.1. The van der Waals surface area contributed by atoms with Crippen LogP contribution in [0.15, 0.2) is 47.8 Å². The number of nitrogens with one attached hydrogen (secondary N) is 2. The number of carbonyl (C=O) groups excluding carboxylic acids is 2. The zero-order chi connectivity index (χ0) is 18.8. The standard InChI is InChI=1S/C21H19N3O2S/c1-13(25)22-18-7-3-6-17(11-18)20(26)24-21-23-19(12-27-21)16-9-8-14-4-2-5-15(14)10-16/h3,6-12H,2,4-5H2,1H3,(H,22,25)(H,23,24,26). The minimum absolute atomic E-state index is 0.175. The molecule has 136 valence electrons. The summed E-state index contributed by atoms with van der Waals surface area (Å²) in [6.07, 6.45) is 3.50. The van der Waals surface area contributed by atoms with Gasteiger partial charge in [-0.15, -0.1) is 11.3 Å². The van der Waals surface area contributed by atoms with Crippen LogP contribution in [0, 0.1) is 0 Å². The van der Waals surface area contributed by atoms with Crippen LogP contribution in [-0.4, -0.2) is 16.8 Å². The number of anilines is 2. The number of fused-ring (bicyclic) bond motifs is 1. The summed E-state index contributed by atoms with van der Waals surface area (Å²) >= 11 is 1.40. The summed E-state index contributed by atoms with van der Waals surface area (Å²) in [4.78, 5) is 28.2. The lowest BCUT2D eigenvalue weighted by Gasteiger charge is -2.05. The van der Waals surface area contributed by atoms with Crippen LogP contribution >= 0.6 is 11.3 Å². The number of hydrogen-bond donors (Lipinski definition) is 2. The Bertz CT molecular complexity index is 1030. The van der Waals surface area contributed by atoms with E-state index in [0.717, 1.165) is 24.1 Å². The van der Waals surface area contributed by atoms with Gasteiger partial charge in [-0.3, -0.25) is 14.9 Å². The molecule has 3 aromatic rings. The van der Waals surface area contributed by atoms with Gasteiger partial charge in [0.15, 0.2) is 5.13 Å². The number of carbonyl (C=O) groups is 2. The number of thiazole rings is 1. The van der Waals surface area contributed by atoms with Crippen LogP contribution in [-0.2, 0) is 17.6 Å². The van der Waals surface area contributed by atoms with Crippen LogP contribution in [0.1, 0.15) is 34.8 Å². The molecule has 0 radical (unpaired) electrons. The van der Waals surface area contributed by atoms with Gasteiger partial charge in [0, 0.05) is 29.1 Å². The van der Waals surface area contributed by atoms with E-state index in [4.69, 9.17) is 0 Å². The van der Waals surface area contributed by atoms with E-state index >= 15 is 0 Å². The molecule has 0 spiro atoms. The highest BCUT2D eigenvalue weighted by molar-refractivity contribution is 7.14. The van der Waals surface area contributed by atoms with Gasteiger partial charge in [-0.05, 0) is 54.7 Å². The van der Waals surface area contributed by atoms with E-state index in [1.165, 1.54) is 35.8 Å². The van der Waals surface area contributed by atoms with E-state index < -0.39 is 0 Å². The Morgan fingerprint density at radius 2 is 1.89 bits per heavy atom. The van der Waals surface area contributed by atoms with Gasteiger partial charge in [-0.1, -0.05) is 18.2 Å². The number of aromatic nitrogens is 1. The summed E-state index contributed by atoms with van der Waals surface area (Å²) in [5.41, 5.74) is 5.85. The van der Waals surface area contributed by atoms with E-state index in [2.05, 4.69) is 33.8 Å². The second-order valence-corrected chi connectivity index (χ2v) is 7.45. The van der Waals surface area contributed by atoms with Gasteiger partial charge in [0.25, 0.3) is 5.91 Å². The fourth-order valence-corrected chi connectivity index (χ4v) is 4.02. The van der Waals surface area contributed by atoms with Crippen LogP contribution < -0.4 is 10.6 Å². The number of amides is 2. The molecule has 1 aromatic heterocycles. The molecule has 5 nitrogen and oxygen atoms in total. The smallest absolute Gasteiger partial charge is 0.257 e. The van der Waals surface area contributed by atoms with E-state index in [9.17, 15) is 9.59 Å². The fraction of sp³-hybridized carbons (Fsp3) is 0.190. The van der Waals surface area contributed by atoms with Gasteiger partial charge >= 0.3 is 0 Å². The molecule has 2 amide bonds. The summed E-state index contributed by atoms with van der Waals surface area (Å²) in [5, 5.41) is 8.03. The maximum absolute atomic E-state index is 12.5. The average Bonchev–Trinajstić information content (AvgIpc) is 3.29. The van der Waals surface area contributed by atoms with Crippen LogP contribution in [0.4, 0.5) is 10.8 Å². The largest absolute Gasteiger partial charge is 0.326 e. The fourth-order valence-electron chi connectivity index (χ4n) is 3.31. The monoisotopic (exact) mass is 377 g/mol. The van der Waals surface area contributed by atoms with Crippen molar-refractivity contribution in [1.82, 2.24) is 4.98 Å². The van der Waals surface area contributed by atoms with Crippen molar-refractivity contribution in [2.45, 2.75) is 26.2 Å². The molecule has 1 heterocycles. The zero-order valence-electron chi connectivity index (χ0n) is 14.9. The second kappa shape index (κ2) is 7.32. The number of benzene rings is 2. The van der Waals surface area contributed by atoms with Crippen molar-refractivity contribution in [2.75, 3.05) is 10.6 Å². The molecular weight excluding hydrogens is 358 g/mol. The highest BCUT2D eigenvalue weighted by Gasteiger charge is 2.14. The number of hydrogen-bond acceptors (Lipinski definition) is 4. The third-order valence-electron chi connectivity index (χ3n) is 4.56. The normalized spacial score (nSPS) is 12.5. The molecule has 0 atom stereocenters. The molecule has 0 unspecified atom stereocenters. The molecule has 2 aromatic carbocycles. The van der Waals surface area contributed by atoms with Crippen molar-refractivity contribution in [3.8, 4) is 11.3 Å². The first-order valence-electron chi connectivity index (χ1n) is 8.85. The molecule has 4 rings (SSSR count). The van der Waals surface area contributed by atoms with Crippen molar-refractivity contribution < 1.29 is 9.59 Å². The molecule has 0 fully saturated rings. The second-order valence-electron chi connectivity index (χ2n) is 6.59. The average molecular weight is 377 g/mol. The van der Waals surface area contributed by atoms with E-state index in [0.29, 0.717) is 16.4 Å². The quantitative estimate of drug-likeness (QED) is 0.703. The van der Waals surface area contributed by atoms with Gasteiger partial charge in [0.05, 0.1) is 5.69 Å². The summed E-state index contributed by atoms with van der Waals surface area (Å²) in [5.74, 6) is -0.427. The number of rotatable bonds is 4. The number of nitrogens with zero attached hydrogens (tertiary/aromatic N) is 1. The minimum atomic E-state index is -0.253. The maximum Gasteiger partial charge on any atom is 0.257 e. The molecule has 1 aliphatic rings. The van der Waals surface area contributed by atoms with Gasteiger partial charge in [-0.25, -0.2) is 4.98 Å². The Morgan fingerprint density at radius 3 is 2.74 bits per heavy atom. The Kier molecular flexibility index (Phi) is 4.73. The molecule has 27 heavy (non-hydrogen) atoms. The topological polar surface area (TPSA) is 71.1 Å². The first-order valence-corrected chi connectivity index (χ1v) is 9.73. The van der Waals surface area contributed by atoms with Crippen LogP contribution in [0.25, 0.3) is 11.3 Å². The molecule has 0 saturated heterocycles. The molecular formula is C21H19N3O2S. The predicted octanol–water partition coefficient (Wildman–Crippen LogP) is 4.51. The van der Waals surface area contributed by atoms with Crippen LogP contribution in [0.3, 0.4) is 0 Å². The first kappa shape index (κ1) is 17.4. The Balaban J connectivity index is 1.49. The van der Waals surface area contributed by atoms with Gasteiger partial charge in [-0.2, -0.15) is 0 Å². The third kappa shape index (κ3) is 3.90. The highest BCUT2D eigenvalue weighted by atomic mass is 32.1. The van der Waals surface area contributed by atoms with Crippen molar-refractivity contribution >= 4 is 34.0 Å². The van der Waals surface area contributed by atoms with Crippen molar-refractivity contribution in [3.05, 3.63) is 64.5 Å². The summed E-state index contributed by atoms with van der Waals surface area (Å²) in [6.45, 7) is 1.43. The van der Waals surface area contributed by atoms with Gasteiger partial charge < -0.3 is 5.32 Å². The first-order chi connectivity index (χ1) is 13.1. The summed E-state index contributed by atoms with van der Waals surface area (Å²) < 4.78 is 0. The van der Waals surface area contributed by atoms with E-state index in [1.807, 2.05) is 5.38 Å². The van der Waals surface area contributed by atoms with Gasteiger partial charge in [0.2, 0.25) is 5.91 Å². The molecule has 6 heteroatoms. The third-order valence-corrected chi connectivity index (χ3v) is 5.32. The Morgan fingerprint density at radius 1 is 1.04 bits per heavy atom. The zero-order valence-corrected chi connectivity index (χ0v) is 15.7. The Labute approximate surface area is 161 Å². The van der Waals surface area contributed by atoms with Crippen molar-refractivity contribution in [1.29, 1.82) is 0 Å². The lowest BCUT2D eigenvalue weighted by molar-refractivity contribution is -0.114. The van der Waals surface area contributed by atoms with Gasteiger partial charge in [0.1, 0.15) is 0 Å². The lowest BCUT2D eigenvalue weighted by Crippen LogP contribution is -2.13. The molecule has 0 saturated carbocycles. The SMILES string of the molecule is CC(=O)Nc1cccc(C(=O)Nc2nc(-c3ccc4c(c3)CCC4)cs2)c1. The molecule has 0 bridgehead atoms. The minimum Gasteiger partial charge on any atom is -0.326 e. The summed E-state index contributed by atoms with van der Waals surface area (Å²) in [7, 11) is 0. The Hall–Kier alpha value is -2.99. The number of aryl methyl sites for hydroxylation is 2. The predicted molar refractivity (Wildman–Crippen MR) is 108 cm³/mol. The van der Waals surface area contributed by atoms with Crippen molar-refractivity contribution in [2.24, 2.45) is 0 Å². The van der Waals surface area contributed by atoms with Crippen LogP contribution in [0.2, 0.25) is 0 Å².